The van der Waals surface area contributed by atoms with Gasteiger partial charge in [0.1, 0.15) is 17.8 Å². The summed E-state index contributed by atoms with van der Waals surface area (Å²) in [7, 11) is 0. The summed E-state index contributed by atoms with van der Waals surface area (Å²) in [5.41, 5.74) is -0.931. The van der Waals surface area contributed by atoms with Crippen LogP contribution in [0.3, 0.4) is 0 Å². The number of carbonyl (C=O) groups is 4. The van der Waals surface area contributed by atoms with Crippen molar-refractivity contribution in [1.82, 2.24) is 10.2 Å². The molecule has 2 N–H and O–H groups in total. The van der Waals surface area contributed by atoms with Gasteiger partial charge in [0, 0.05) is 0 Å². The van der Waals surface area contributed by atoms with Crippen LogP contribution in [0.25, 0.3) is 0 Å². The maximum absolute atomic E-state index is 13.0. The van der Waals surface area contributed by atoms with Gasteiger partial charge in [-0.05, 0) is 49.1 Å². The summed E-state index contributed by atoms with van der Waals surface area (Å²) < 4.78 is 34.2. The molecule has 0 atom stereocenters. The van der Waals surface area contributed by atoms with Crippen molar-refractivity contribution in [3.05, 3.63) is 24.3 Å². The fourth-order valence-corrected chi connectivity index (χ4v) is 4.41. The molecule has 11 heteroatoms. The van der Waals surface area contributed by atoms with Gasteiger partial charge in [0.15, 0.2) is 6.61 Å². The van der Waals surface area contributed by atoms with Crippen LogP contribution in [0.5, 0.6) is 5.75 Å². The van der Waals surface area contributed by atoms with Crippen LogP contribution in [-0.4, -0.2) is 54.0 Å². The van der Waals surface area contributed by atoms with Gasteiger partial charge < -0.3 is 20.1 Å². The van der Waals surface area contributed by atoms with Gasteiger partial charge in [-0.3, -0.25) is 19.3 Å². The predicted octanol–water partition coefficient (Wildman–Crippen LogP) is 3.30. The standard InChI is InChI=1S/C23H29F2N3O6/c1-22(2,3)14-8-10-23(11-9-14)19(31)28(21(32)27-23)12-18(30)33-13-17(29)26-15-6-4-5-7-16(15)34-20(24)25/h4-7,14,20H,8-13H2,1-3H3,(H,26,29)(H,27,32). The zero-order valence-corrected chi connectivity index (χ0v) is 19.4. The number of rotatable bonds is 7. The first kappa shape index (κ1) is 25.4. The molecule has 3 rings (SSSR count). The van der Waals surface area contributed by atoms with E-state index in [1.54, 1.807) is 0 Å². The van der Waals surface area contributed by atoms with E-state index in [2.05, 4.69) is 36.1 Å². The van der Waals surface area contributed by atoms with E-state index in [1.807, 2.05) is 0 Å². The molecule has 0 unspecified atom stereocenters. The van der Waals surface area contributed by atoms with E-state index in [9.17, 15) is 28.0 Å². The molecule has 9 nitrogen and oxygen atoms in total. The molecule has 1 aliphatic carbocycles. The highest BCUT2D eigenvalue weighted by Gasteiger charge is 2.53. The van der Waals surface area contributed by atoms with Crippen molar-refractivity contribution in [2.75, 3.05) is 18.5 Å². The maximum atomic E-state index is 13.0. The topological polar surface area (TPSA) is 114 Å². The summed E-state index contributed by atoms with van der Waals surface area (Å²) in [6.45, 7) is 2.00. The van der Waals surface area contributed by atoms with Crippen LogP contribution in [0.4, 0.5) is 19.3 Å². The number of nitrogens with one attached hydrogen (secondary N) is 2. The van der Waals surface area contributed by atoms with E-state index in [-0.39, 0.29) is 16.9 Å². The summed E-state index contributed by atoms with van der Waals surface area (Å²) >= 11 is 0. The Morgan fingerprint density at radius 2 is 1.85 bits per heavy atom. The van der Waals surface area contributed by atoms with Gasteiger partial charge in [-0.15, -0.1) is 0 Å². The fraction of sp³-hybridized carbons (Fsp3) is 0.565. The second kappa shape index (κ2) is 9.94. The molecule has 1 heterocycles. The molecule has 1 spiro atoms. The van der Waals surface area contributed by atoms with Gasteiger partial charge >= 0.3 is 18.6 Å². The van der Waals surface area contributed by atoms with Crippen molar-refractivity contribution in [1.29, 1.82) is 0 Å². The number of urea groups is 1. The summed E-state index contributed by atoms with van der Waals surface area (Å²) in [4.78, 5) is 50.5. The van der Waals surface area contributed by atoms with E-state index >= 15 is 0 Å². The molecule has 2 fully saturated rings. The van der Waals surface area contributed by atoms with E-state index in [0.717, 1.165) is 17.7 Å². The first-order valence-electron chi connectivity index (χ1n) is 11.0. The van der Waals surface area contributed by atoms with Crippen LogP contribution in [0.15, 0.2) is 24.3 Å². The summed E-state index contributed by atoms with van der Waals surface area (Å²) in [6, 6.07) is 4.88. The normalized spacial score (nSPS) is 22.6. The van der Waals surface area contributed by atoms with Crippen LogP contribution < -0.4 is 15.4 Å². The molecule has 186 valence electrons. The number of ether oxygens (including phenoxy) is 2. The third kappa shape index (κ3) is 5.81. The third-order valence-corrected chi connectivity index (χ3v) is 6.34. The third-order valence-electron chi connectivity index (χ3n) is 6.34. The van der Waals surface area contributed by atoms with Crippen molar-refractivity contribution in [3.63, 3.8) is 0 Å². The number of hydrogen-bond donors (Lipinski definition) is 2. The second-order valence-electron chi connectivity index (χ2n) is 9.63. The van der Waals surface area contributed by atoms with E-state index < -0.39 is 49.1 Å². The summed E-state index contributed by atoms with van der Waals surface area (Å²) in [5, 5.41) is 5.05. The number of amides is 4. The molecule has 0 bridgehead atoms. The van der Waals surface area contributed by atoms with Gasteiger partial charge in [0.25, 0.3) is 11.8 Å². The van der Waals surface area contributed by atoms with Crippen LogP contribution in [-0.2, 0) is 19.1 Å². The fourth-order valence-electron chi connectivity index (χ4n) is 4.41. The highest BCUT2D eigenvalue weighted by Crippen LogP contribution is 2.43. The van der Waals surface area contributed by atoms with Crippen LogP contribution >= 0.6 is 0 Å². The van der Waals surface area contributed by atoms with E-state index in [4.69, 9.17) is 4.74 Å². The summed E-state index contributed by atoms with van der Waals surface area (Å²) in [6.07, 6.45) is 2.55. The van der Waals surface area contributed by atoms with Gasteiger partial charge in [0.2, 0.25) is 0 Å². The first-order chi connectivity index (χ1) is 15.9. The lowest BCUT2D eigenvalue weighted by Gasteiger charge is -2.40. The zero-order valence-electron chi connectivity index (χ0n) is 19.4. The summed E-state index contributed by atoms with van der Waals surface area (Å²) in [5.74, 6) is -2.03. The van der Waals surface area contributed by atoms with Crippen LogP contribution in [0.1, 0.15) is 46.5 Å². The average molecular weight is 481 g/mol. The number of esters is 1. The second-order valence-corrected chi connectivity index (χ2v) is 9.63. The smallest absolute Gasteiger partial charge is 0.387 e. The maximum Gasteiger partial charge on any atom is 0.387 e. The van der Waals surface area contributed by atoms with Crippen molar-refractivity contribution in [2.24, 2.45) is 11.3 Å². The van der Waals surface area contributed by atoms with Crippen molar-refractivity contribution >= 4 is 29.5 Å². The molecule has 34 heavy (non-hydrogen) atoms. The number of nitrogens with zero attached hydrogens (tertiary/aromatic N) is 1. The lowest BCUT2D eigenvalue weighted by molar-refractivity contribution is -0.150. The number of halogens is 2. The molecule has 1 aliphatic heterocycles. The highest BCUT2D eigenvalue weighted by molar-refractivity contribution is 6.08. The lowest BCUT2D eigenvalue weighted by atomic mass is 9.67. The predicted molar refractivity (Wildman–Crippen MR) is 117 cm³/mol. The molecule has 1 saturated carbocycles. The van der Waals surface area contributed by atoms with Gasteiger partial charge in [-0.1, -0.05) is 32.9 Å². The Kier molecular flexibility index (Phi) is 7.42. The number of hydrogen-bond acceptors (Lipinski definition) is 6. The quantitative estimate of drug-likeness (QED) is 0.456. The molecule has 1 aromatic carbocycles. The van der Waals surface area contributed by atoms with Crippen LogP contribution in [0, 0.1) is 11.3 Å². The highest BCUT2D eigenvalue weighted by atomic mass is 19.3. The minimum atomic E-state index is -3.08. The minimum absolute atomic E-state index is 0.0225. The average Bonchev–Trinajstić information content (AvgIpc) is 2.97. The van der Waals surface area contributed by atoms with E-state index in [0.29, 0.717) is 18.8 Å². The Hall–Kier alpha value is -3.24. The molecular weight excluding hydrogens is 452 g/mol. The molecule has 0 radical (unpaired) electrons. The number of imide groups is 1. The molecule has 4 amide bonds. The minimum Gasteiger partial charge on any atom is -0.454 e. The molecular formula is C23H29F2N3O6. The molecule has 1 saturated heterocycles. The Morgan fingerprint density at radius 1 is 1.21 bits per heavy atom. The van der Waals surface area contributed by atoms with Crippen molar-refractivity contribution < 1.29 is 37.4 Å². The lowest BCUT2D eigenvalue weighted by Crippen LogP contribution is -2.50. The Balaban J connectivity index is 1.51. The van der Waals surface area contributed by atoms with Crippen LogP contribution in [0.2, 0.25) is 0 Å². The number of benzene rings is 1. The van der Waals surface area contributed by atoms with Crippen molar-refractivity contribution in [3.8, 4) is 5.75 Å². The monoisotopic (exact) mass is 481 g/mol. The van der Waals surface area contributed by atoms with E-state index in [1.165, 1.54) is 24.3 Å². The van der Waals surface area contributed by atoms with Gasteiger partial charge in [0.05, 0.1) is 5.69 Å². The van der Waals surface area contributed by atoms with Gasteiger partial charge in [-0.2, -0.15) is 8.78 Å². The largest absolute Gasteiger partial charge is 0.454 e. The zero-order chi connectivity index (χ0) is 25.1. The molecule has 0 aromatic heterocycles. The Bertz CT molecular complexity index is 954. The van der Waals surface area contributed by atoms with Crippen molar-refractivity contribution in [2.45, 2.75) is 58.6 Å². The number of alkyl halides is 2. The number of para-hydroxylation sites is 2. The molecule has 1 aromatic rings. The molecule has 2 aliphatic rings. The van der Waals surface area contributed by atoms with Gasteiger partial charge in [-0.25, -0.2) is 4.79 Å². The Morgan fingerprint density at radius 3 is 2.47 bits per heavy atom. The Labute approximate surface area is 196 Å². The first-order valence-corrected chi connectivity index (χ1v) is 11.0. The SMILES string of the molecule is CC(C)(C)C1CCC2(CC1)NC(=O)N(CC(=O)OCC(=O)Nc1ccccc1OC(F)F)C2=O. The number of anilines is 1. The number of carbonyl (C=O) groups excluding carboxylic acids is 4.